The zero-order valence-electron chi connectivity index (χ0n) is 12.9. The summed E-state index contributed by atoms with van der Waals surface area (Å²) in [7, 11) is 0. The number of amides is 2. The van der Waals surface area contributed by atoms with Crippen LogP contribution in [0.15, 0.2) is 41.0 Å². The molecule has 2 amide bonds. The van der Waals surface area contributed by atoms with Gasteiger partial charge in [-0.2, -0.15) is 0 Å². The topological polar surface area (TPSA) is 80.6 Å². The average molecular weight is 349 g/mol. The smallest absolute Gasteiger partial charge is 0.239 e. The van der Waals surface area contributed by atoms with Gasteiger partial charge in [-0.3, -0.25) is 9.59 Å². The minimum absolute atomic E-state index is 0.0849. The Balaban J connectivity index is 1.46. The Kier molecular flexibility index (Phi) is 5.05. The van der Waals surface area contributed by atoms with Gasteiger partial charge in [-0.05, 0) is 42.3 Å². The molecule has 1 aromatic carbocycles. The molecule has 2 heterocycles. The van der Waals surface area contributed by atoms with Crippen molar-refractivity contribution >= 4 is 23.4 Å². The van der Waals surface area contributed by atoms with E-state index in [4.69, 9.17) is 20.8 Å². The number of hydrogen-bond donors (Lipinski definition) is 2. The van der Waals surface area contributed by atoms with E-state index >= 15 is 0 Å². The normalized spacial score (nSPS) is 16.0. The Hall–Kier alpha value is -2.47. The summed E-state index contributed by atoms with van der Waals surface area (Å²) in [6, 6.07) is 8.86. The number of carbonyl (C=O) groups is 2. The molecule has 0 bridgehead atoms. The molecule has 24 heavy (non-hydrogen) atoms. The molecule has 1 aromatic heterocycles. The van der Waals surface area contributed by atoms with Crippen LogP contribution in [0.3, 0.4) is 0 Å². The molecule has 0 unspecified atom stereocenters. The van der Waals surface area contributed by atoms with Crippen LogP contribution in [0.1, 0.15) is 11.3 Å². The number of nitrogens with one attached hydrogen (secondary N) is 2. The largest absolute Gasteiger partial charge is 0.492 e. The number of hydrogen-bond acceptors (Lipinski definition) is 4. The molecule has 1 aliphatic rings. The molecule has 0 radical (unpaired) electrons. The highest BCUT2D eigenvalue weighted by atomic mass is 35.5. The van der Waals surface area contributed by atoms with Crippen LogP contribution in [0.5, 0.6) is 5.75 Å². The number of furan rings is 1. The number of carbonyl (C=O) groups excluding carboxylic acids is 2. The maximum atomic E-state index is 12.2. The molecular weight excluding hydrogens is 332 g/mol. The van der Waals surface area contributed by atoms with Crippen molar-refractivity contribution in [2.24, 2.45) is 5.92 Å². The second-order valence-corrected chi connectivity index (χ2v) is 5.97. The van der Waals surface area contributed by atoms with Crippen LogP contribution >= 0.6 is 11.6 Å². The Labute approximate surface area is 144 Å². The third-order valence-corrected chi connectivity index (χ3v) is 4.00. The summed E-state index contributed by atoms with van der Waals surface area (Å²) in [5.41, 5.74) is 0.899. The molecule has 1 atom stereocenters. The second-order valence-electron chi connectivity index (χ2n) is 5.54. The minimum atomic E-state index is -0.339. The van der Waals surface area contributed by atoms with Crippen LogP contribution in [-0.2, 0) is 22.6 Å². The molecule has 7 heteroatoms. The van der Waals surface area contributed by atoms with Crippen molar-refractivity contribution < 1.29 is 18.7 Å². The Morgan fingerprint density at radius 3 is 2.92 bits per heavy atom. The van der Waals surface area contributed by atoms with Gasteiger partial charge in [0.05, 0.1) is 25.3 Å². The molecule has 3 rings (SSSR count). The molecule has 126 valence electrons. The van der Waals surface area contributed by atoms with Gasteiger partial charge < -0.3 is 19.8 Å². The lowest BCUT2D eigenvalue weighted by molar-refractivity contribution is -0.129. The average Bonchev–Trinajstić information content (AvgIpc) is 3.10. The van der Waals surface area contributed by atoms with Crippen molar-refractivity contribution in [2.45, 2.75) is 13.0 Å². The van der Waals surface area contributed by atoms with Gasteiger partial charge in [0.15, 0.2) is 0 Å². The number of fused-ring (bicyclic) bond motifs is 1. The van der Waals surface area contributed by atoms with Crippen molar-refractivity contribution in [1.29, 1.82) is 0 Å². The van der Waals surface area contributed by atoms with E-state index < -0.39 is 0 Å². The first-order valence-corrected chi connectivity index (χ1v) is 7.97. The first kappa shape index (κ1) is 16.4. The first-order chi connectivity index (χ1) is 11.6. The molecule has 0 fully saturated rings. The van der Waals surface area contributed by atoms with Crippen LogP contribution in [0, 0.1) is 5.92 Å². The zero-order chi connectivity index (χ0) is 16.9. The molecule has 0 saturated carbocycles. The van der Waals surface area contributed by atoms with E-state index in [0.717, 1.165) is 11.3 Å². The molecule has 0 aliphatic carbocycles. The molecular formula is C17H17ClN2O4. The Bertz CT molecular complexity index is 730. The lowest BCUT2D eigenvalue weighted by Gasteiger charge is -2.24. The number of ether oxygens (including phenoxy) is 1. The highest BCUT2D eigenvalue weighted by Gasteiger charge is 2.26. The van der Waals surface area contributed by atoms with E-state index in [1.807, 2.05) is 0 Å². The molecule has 2 aromatic rings. The van der Waals surface area contributed by atoms with Crippen molar-refractivity contribution in [3.63, 3.8) is 0 Å². The van der Waals surface area contributed by atoms with E-state index in [2.05, 4.69) is 10.6 Å². The monoisotopic (exact) mass is 348 g/mol. The van der Waals surface area contributed by atoms with E-state index in [-0.39, 0.29) is 30.9 Å². The summed E-state index contributed by atoms with van der Waals surface area (Å²) < 4.78 is 10.7. The van der Waals surface area contributed by atoms with Crippen LogP contribution < -0.4 is 15.4 Å². The van der Waals surface area contributed by atoms with Crippen LogP contribution in [0.2, 0.25) is 5.02 Å². The minimum Gasteiger partial charge on any atom is -0.492 e. The van der Waals surface area contributed by atoms with Gasteiger partial charge in [0.25, 0.3) is 0 Å². The lowest BCUT2D eigenvalue weighted by atomic mass is 9.96. The van der Waals surface area contributed by atoms with Crippen LogP contribution in [0.4, 0.5) is 0 Å². The zero-order valence-corrected chi connectivity index (χ0v) is 13.6. The fraction of sp³-hybridized carbons (Fsp3) is 0.294. The number of benzene rings is 1. The van der Waals surface area contributed by atoms with Gasteiger partial charge in [-0.15, -0.1) is 0 Å². The van der Waals surface area contributed by atoms with Crippen molar-refractivity contribution in [1.82, 2.24) is 10.6 Å². The number of halogens is 1. The summed E-state index contributed by atoms with van der Waals surface area (Å²) in [5, 5.41) is 5.91. The third kappa shape index (κ3) is 4.08. The molecule has 0 spiro atoms. The predicted molar refractivity (Wildman–Crippen MR) is 87.7 cm³/mol. The predicted octanol–water partition coefficient (Wildman–Crippen LogP) is 1.92. The fourth-order valence-electron chi connectivity index (χ4n) is 2.50. The van der Waals surface area contributed by atoms with Gasteiger partial charge in [-0.25, -0.2) is 0 Å². The molecule has 2 N–H and O–H groups in total. The Morgan fingerprint density at radius 1 is 1.25 bits per heavy atom. The van der Waals surface area contributed by atoms with Gasteiger partial charge in [0.1, 0.15) is 18.1 Å². The number of rotatable bonds is 5. The summed E-state index contributed by atoms with van der Waals surface area (Å²) >= 11 is 5.97. The summed E-state index contributed by atoms with van der Waals surface area (Å²) in [5.74, 6) is 0.575. The van der Waals surface area contributed by atoms with Gasteiger partial charge >= 0.3 is 0 Å². The van der Waals surface area contributed by atoms with Crippen molar-refractivity contribution in [2.75, 3.05) is 13.2 Å². The molecule has 6 nitrogen and oxygen atoms in total. The van der Waals surface area contributed by atoms with Gasteiger partial charge in [0.2, 0.25) is 11.8 Å². The molecule has 1 aliphatic heterocycles. The van der Waals surface area contributed by atoms with Gasteiger partial charge in [0, 0.05) is 5.02 Å². The SMILES string of the molecule is O=C(CNC(=O)[C@H]1COc2ccc(Cl)cc2C1)NCc1ccco1. The van der Waals surface area contributed by atoms with E-state index in [1.54, 1.807) is 30.3 Å². The maximum absolute atomic E-state index is 12.2. The third-order valence-electron chi connectivity index (χ3n) is 3.76. The highest BCUT2D eigenvalue weighted by molar-refractivity contribution is 6.30. The lowest BCUT2D eigenvalue weighted by Crippen LogP contribution is -2.42. The van der Waals surface area contributed by atoms with E-state index in [0.29, 0.717) is 23.7 Å². The van der Waals surface area contributed by atoms with E-state index in [1.165, 1.54) is 6.26 Å². The van der Waals surface area contributed by atoms with Crippen LogP contribution in [-0.4, -0.2) is 25.0 Å². The first-order valence-electron chi connectivity index (χ1n) is 7.60. The fourth-order valence-corrected chi connectivity index (χ4v) is 2.70. The quantitative estimate of drug-likeness (QED) is 0.865. The molecule has 0 saturated heterocycles. The Morgan fingerprint density at radius 2 is 2.12 bits per heavy atom. The highest BCUT2D eigenvalue weighted by Crippen LogP contribution is 2.29. The van der Waals surface area contributed by atoms with E-state index in [9.17, 15) is 9.59 Å². The summed E-state index contributed by atoms with van der Waals surface area (Å²) in [6.07, 6.45) is 2.08. The summed E-state index contributed by atoms with van der Waals surface area (Å²) in [6.45, 7) is 0.493. The van der Waals surface area contributed by atoms with Crippen molar-refractivity contribution in [3.8, 4) is 5.75 Å². The van der Waals surface area contributed by atoms with Crippen LogP contribution in [0.25, 0.3) is 0 Å². The standard InChI is InChI=1S/C17H17ClN2O4/c18-13-3-4-15-11(7-13)6-12(10-24-15)17(22)20-9-16(21)19-8-14-2-1-5-23-14/h1-5,7,12H,6,8-10H2,(H,19,21)(H,20,22)/t12-/m1/s1. The second kappa shape index (κ2) is 7.40. The van der Waals surface area contributed by atoms with Crippen molar-refractivity contribution in [3.05, 3.63) is 52.9 Å². The van der Waals surface area contributed by atoms with Gasteiger partial charge in [-0.1, -0.05) is 11.6 Å². The maximum Gasteiger partial charge on any atom is 0.239 e. The summed E-state index contributed by atoms with van der Waals surface area (Å²) in [4.78, 5) is 24.0.